The normalized spacial score (nSPS) is 30.5. The lowest BCUT2D eigenvalue weighted by atomic mass is 9.92. The van der Waals surface area contributed by atoms with Gasteiger partial charge in [0.05, 0.1) is 17.8 Å². The zero-order chi connectivity index (χ0) is 13.1. The summed E-state index contributed by atoms with van der Waals surface area (Å²) in [6.45, 7) is 1.82. The van der Waals surface area contributed by atoms with Crippen LogP contribution in [-0.2, 0) is 4.79 Å². The lowest BCUT2D eigenvalue weighted by Gasteiger charge is -2.26. The first kappa shape index (κ1) is 13.6. The van der Waals surface area contributed by atoms with Gasteiger partial charge in [-0.2, -0.15) is 11.8 Å². The minimum atomic E-state index is 0.268. The molecule has 2 fully saturated rings. The Labute approximate surface area is 123 Å². The van der Waals surface area contributed by atoms with Crippen LogP contribution in [0, 0.1) is 0 Å². The Kier molecular flexibility index (Phi) is 4.58. The van der Waals surface area contributed by atoms with Crippen molar-refractivity contribution in [2.45, 2.75) is 37.8 Å². The fraction of sp³-hybridized carbons (Fsp3) is 0.846. The molecule has 2 atom stereocenters. The van der Waals surface area contributed by atoms with E-state index in [-0.39, 0.29) is 5.91 Å². The summed E-state index contributed by atoms with van der Waals surface area (Å²) in [6, 6.07) is 1.01. The number of hydrogen-bond acceptors (Lipinski definition) is 5. The minimum Gasteiger partial charge on any atom is -0.360 e. The zero-order valence-electron chi connectivity index (χ0n) is 11.1. The van der Waals surface area contributed by atoms with Gasteiger partial charge in [0.1, 0.15) is 0 Å². The van der Waals surface area contributed by atoms with Gasteiger partial charge in [0.2, 0.25) is 5.91 Å². The summed E-state index contributed by atoms with van der Waals surface area (Å²) < 4.78 is 0. The maximum atomic E-state index is 12.1. The van der Waals surface area contributed by atoms with Gasteiger partial charge in [-0.1, -0.05) is 24.6 Å². The number of thioether (sulfide) groups is 2. The highest BCUT2D eigenvalue weighted by molar-refractivity contribution is 8.14. The van der Waals surface area contributed by atoms with E-state index in [1.54, 1.807) is 11.8 Å². The van der Waals surface area contributed by atoms with Gasteiger partial charge in [-0.3, -0.25) is 9.79 Å². The molecule has 1 saturated carbocycles. The largest absolute Gasteiger partial charge is 0.360 e. The molecule has 0 aromatic carbocycles. The molecule has 6 heteroatoms. The number of nitrogens with one attached hydrogen (secondary N) is 1. The molecular formula is C13H21N3OS2. The van der Waals surface area contributed by atoms with Crippen molar-refractivity contribution in [1.82, 2.24) is 10.2 Å². The lowest BCUT2D eigenvalue weighted by molar-refractivity contribution is -0.127. The second kappa shape index (κ2) is 6.39. The number of hydrogen-bond donors (Lipinski definition) is 1. The summed E-state index contributed by atoms with van der Waals surface area (Å²) in [7, 11) is 0. The van der Waals surface area contributed by atoms with E-state index in [0.717, 1.165) is 29.8 Å². The Morgan fingerprint density at radius 2 is 2.16 bits per heavy atom. The van der Waals surface area contributed by atoms with E-state index in [2.05, 4.69) is 5.32 Å². The molecule has 1 saturated heterocycles. The van der Waals surface area contributed by atoms with Gasteiger partial charge >= 0.3 is 0 Å². The smallest absolute Gasteiger partial charge is 0.233 e. The van der Waals surface area contributed by atoms with Gasteiger partial charge in [0, 0.05) is 24.6 Å². The van der Waals surface area contributed by atoms with Gasteiger partial charge in [0.25, 0.3) is 0 Å². The summed E-state index contributed by atoms with van der Waals surface area (Å²) >= 11 is 3.53. The number of amides is 1. The summed E-state index contributed by atoms with van der Waals surface area (Å²) in [6.07, 6.45) is 5.05. The molecular weight excluding hydrogens is 278 g/mol. The SMILES string of the molecule is O=C(CSC1=N[C@H]2CCCC[C@@H]2N1)N1CCSCC1. The second-order valence-corrected chi connectivity index (χ2v) is 7.51. The Bertz CT molecular complexity index is 369. The van der Waals surface area contributed by atoms with Crippen molar-refractivity contribution in [3.63, 3.8) is 0 Å². The molecule has 1 amide bonds. The molecule has 19 heavy (non-hydrogen) atoms. The zero-order valence-corrected chi connectivity index (χ0v) is 12.8. The molecule has 0 radical (unpaired) electrons. The first-order chi connectivity index (χ1) is 9.33. The third-order valence-electron chi connectivity index (χ3n) is 4.02. The predicted molar refractivity (Wildman–Crippen MR) is 83.0 cm³/mol. The fourth-order valence-electron chi connectivity index (χ4n) is 2.89. The monoisotopic (exact) mass is 299 g/mol. The summed E-state index contributed by atoms with van der Waals surface area (Å²) in [5.41, 5.74) is 0. The van der Waals surface area contributed by atoms with Crippen LogP contribution < -0.4 is 5.32 Å². The van der Waals surface area contributed by atoms with Crippen LogP contribution in [0.5, 0.6) is 0 Å². The van der Waals surface area contributed by atoms with Crippen LogP contribution in [0.2, 0.25) is 0 Å². The first-order valence-corrected chi connectivity index (χ1v) is 9.29. The number of nitrogens with zero attached hydrogens (tertiary/aromatic N) is 2. The van der Waals surface area contributed by atoms with Crippen LogP contribution in [0.3, 0.4) is 0 Å². The molecule has 4 nitrogen and oxygen atoms in total. The number of carbonyl (C=O) groups excluding carboxylic acids is 1. The Hall–Kier alpha value is -0.360. The molecule has 3 aliphatic rings. The topological polar surface area (TPSA) is 44.7 Å². The van der Waals surface area contributed by atoms with Crippen LogP contribution >= 0.6 is 23.5 Å². The molecule has 3 rings (SSSR count). The standard InChI is InChI=1S/C13H21N3OS2/c17-12(16-5-7-18-8-6-16)9-19-13-14-10-3-1-2-4-11(10)15-13/h10-11H,1-9H2,(H,14,15)/t10-,11-/m0/s1. The average molecular weight is 299 g/mol. The van der Waals surface area contributed by atoms with Crippen LogP contribution in [0.15, 0.2) is 4.99 Å². The maximum Gasteiger partial charge on any atom is 0.233 e. The summed E-state index contributed by atoms with van der Waals surface area (Å²) in [4.78, 5) is 18.8. The molecule has 0 unspecified atom stereocenters. The third kappa shape index (κ3) is 3.40. The van der Waals surface area contributed by atoms with Crippen LogP contribution in [0.1, 0.15) is 25.7 Å². The van der Waals surface area contributed by atoms with E-state index in [0.29, 0.717) is 17.8 Å². The van der Waals surface area contributed by atoms with Crippen LogP contribution in [0.4, 0.5) is 0 Å². The van der Waals surface area contributed by atoms with Crippen molar-refractivity contribution in [2.24, 2.45) is 4.99 Å². The fourth-order valence-corrected chi connectivity index (χ4v) is 4.68. The van der Waals surface area contributed by atoms with E-state index in [9.17, 15) is 4.79 Å². The van der Waals surface area contributed by atoms with Crippen molar-refractivity contribution in [3.05, 3.63) is 0 Å². The summed E-state index contributed by atoms with van der Waals surface area (Å²) in [5.74, 6) is 2.97. The van der Waals surface area contributed by atoms with Crippen LogP contribution in [0.25, 0.3) is 0 Å². The maximum absolute atomic E-state index is 12.1. The molecule has 106 valence electrons. The van der Waals surface area contributed by atoms with E-state index < -0.39 is 0 Å². The summed E-state index contributed by atoms with van der Waals surface area (Å²) in [5, 5.41) is 4.49. The molecule has 1 aliphatic carbocycles. The van der Waals surface area contributed by atoms with Crippen molar-refractivity contribution in [2.75, 3.05) is 30.3 Å². The highest BCUT2D eigenvalue weighted by Crippen LogP contribution is 2.27. The quantitative estimate of drug-likeness (QED) is 0.840. The number of carbonyl (C=O) groups is 1. The minimum absolute atomic E-state index is 0.268. The Balaban J connectivity index is 1.45. The van der Waals surface area contributed by atoms with Crippen LogP contribution in [-0.4, -0.2) is 58.4 Å². The number of amidine groups is 1. The third-order valence-corrected chi connectivity index (χ3v) is 5.85. The highest BCUT2D eigenvalue weighted by Gasteiger charge is 2.31. The second-order valence-electron chi connectivity index (χ2n) is 5.32. The van der Waals surface area contributed by atoms with Crippen molar-refractivity contribution in [3.8, 4) is 0 Å². The molecule has 0 aromatic heterocycles. The van der Waals surface area contributed by atoms with Gasteiger partial charge in [-0.05, 0) is 12.8 Å². The van der Waals surface area contributed by atoms with Crippen molar-refractivity contribution in [1.29, 1.82) is 0 Å². The molecule has 2 aliphatic heterocycles. The Morgan fingerprint density at radius 1 is 1.37 bits per heavy atom. The number of rotatable bonds is 2. The Morgan fingerprint density at radius 3 is 2.95 bits per heavy atom. The van der Waals surface area contributed by atoms with E-state index in [1.807, 2.05) is 16.7 Å². The van der Waals surface area contributed by atoms with E-state index in [1.165, 1.54) is 25.7 Å². The van der Waals surface area contributed by atoms with Gasteiger partial charge in [-0.25, -0.2) is 0 Å². The molecule has 2 heterocycles. The first-order valence-electron chi connectivity index (χ1n) is 7.15. The molecule has 0 aromatic rings. The van der Waals surface area contributed by atoms with Crippen molar-refractivity contribution >= 4 is 34.6 Å². The van der Waals surface area contributed by atoms with E-state index >= 15 is 0 Å². The number of fused-ring (bicyclic) bond motifs is 1. The van der Waals surface area contributed by atoms with E-state index in [4.69, 9.17) is 4.99 Å². The molecule has 0 spiro atoms. The van der Waals surface area contributed by atoms with Crippen molar-refractivity contribution < 1.29 is 4.79 Å². The van der Waals surface area contributed by atoms with Gasteiger partial charge in [-0.15, -0.1) is 0 Å². The lowest BCUT2D eigenvalue weighted by Crippen LogP contribution is -2.40. The van der Waals surface area contributed by atoms with Gasteiger partial charge in [0.15, 0.2) is 5.17 Å². The number of aliphatic imine (C=N–C) groups is 1. The molecule has 0 bridgehead atoms. The highest BCUT2D eigenvalue weighted by atomic mass is 32.2. The average Bonchev–Trinajstić information content (AvgIpc) is 2.88. The molecule has 1 N–H and O–H groups in total. The van der Waals surface area contributed by atoms with Gasteiger partial charge < -0.3 is 10.2 Å². The predicted octanol–water partition coefficient (Wildman–Crippen LogP) is 1.57.